The number of methoxy groups -OCH3 is 1. The van der Waals surface area contributed by atoms with Gasteiger partial charge in [0.25, 0.3) is 0 Å². The van der Waals surface area contributed by atoms with Crippen LogP contribution in [0.3, 0.4) is 0 Å². The number of hydrogen-bond donors (Lipinski definition) is 1. The van der Waals surface area contributed by atoms with Crippen molar-refractivity contribution >= 4 is 23.3 Å². The Morgan fingerprint density at radius 3 is 2.17 bits per heavy atom. The van der Waals surface area contributed by atoms with Gasteiger partial charge in [0.1, 0.15) is 11.9 Å². The first-order valence-electron chi connectivity index (χ1n) is 15.1. The molecule has 0 bridgehead atoms. The fourth-order valence-electron chi connectivity index (χ4n) is 6.48. The predicted molar refractivity (Wildman–Crippen MR) is 167 cm³/mol. The van der Waals surface area contributed by atoms with Crippen LogP contribution in [0.5, 0.6) is 5.75 Å². The number of nitro groups is 1. The molecule has 0 radical (unpaired) electrons. The zero-order chi connectivity index (χ0) is 32.4. The van der Waals surface area contributed by atoms with E-state index in [1.165, 1.54) is 36.3 Å². The molecule has 234 valence electrons. The molecule has 2 aliphatic rings. The summed E-state index contributed by atoms with van der Waals surface area (Å²) >= 11 is 0. The van der Waals surface area contributed by atoms with Crippen molar-refractivity contribution in [2.24, 2.45) is 11.8 Å². The van der Waals surface area contributed by atoms with Gasteiger partial charge in [-0.3, -0.25) is 24.5 Å². The van der Waals surface area contributed by atoms with Crippen molar-refractivity contribution in [3.8, 4) is 5.75 Å². The van der Waals surface area contributed by atoms with E-state index in [-0.39, 0.29) is 35.6 Å². The zero-order valence-corrected chi connectivity index (χ0v) is 25.0. The van der Waals surface area contributed by atoms with Gasteiger partial charge in [-0.05, 0) is 47.7 Å². The number of amides is 2. The summed E-state index contributed by atoms with van der Waals surface area (Å²) in [6.07, 6.45) is 1.28. The molecular weight excluding hydrogens is 589 g/mol. The molecule has 0 spiro atoms. The number of carbonyl (C=O) groups is 3. The van der Waals surface area contributed by atoms with E-state index in [2.05, 4.69) is 5.32 Å². The highest BCUT2D eigenvalue weighted by Gasteiger charge is 2.59. The average Bonchev–Trinajstić information content (AvgIpc) is 3.88. The van der Waals surface area contributed by atoms with E-state index in [0.29, 0.717) is 35.1 Å². The number of halogens is 1. The number of likely N-dealkylation sites (tertiary alicyclic amines) is 1. The summed E-state index contributed by atoms with van der Waals surface area (Å²) in [5, 5.41) is 15.0. The number of hydrogen-bond acceptors (Lipinski definition) is 6. The van der Waals surface area contributed by atoms with Crippen molar-refractivity contribution in [2.75, 3.05) is 7.11 Å². The van der Waals surface area contributed by atoms with Gasteiger partial charge in [0.15, 0.2) is 11.5 Å². The fraction of sp³-hybridized carbons (Fsp3) is 0.250. The van der Waals surface area contributed by atoms with Crippen molar-refractivity contribution in [1.82, 2.24) is 10.2 Å². The highest BCUT2D eigenvalue weighted by Crippen LogP contribution is 2.53. The molecule has 1 aliphatic carbocycles. The Labute approximate surface area is 265 Å². The summed E-state index contributed by atoms with van der Waals surface area (Å²) in [5.41, 5.74) is 1.77. The SMILES string of the molecule is COc1ccc(C2C(C(=O)c3ccccc3)C(c3ccccc3)C(C(=O)NCc3ccc(F)cc3)N2C(=O)C2CC2)cc1[N+](=O)[O-]. The van der Waals surface area contributed by atoms with Crippen LogP contribution in [0.1, 0.15) is 51.8 Å². The van der Waals surface area contributed by atoms with Crippen LogP contribution in [0.15, 0.2) is 103 Å². The van der Waals surface area contributed by atoms with Crippen LogP contribution < -0.4 is 10.1 Å². The molecule has 10 heteroatoms. The Balaban J connectivity index is 1.54. The first-order chi connectivity index (χ1) is 22.3. The molecule has 9 nitrogen and oxygen atoms in total. The lowest BCUT2D eigenvalue weighted by Crippen LogP contribution is -2.49. The third-order valence-corrected chi connectivity index (χ3v) is 8.78. The molecule has 1 aliphatic heterocycles. The third kappa shape index (κ3) is 5.98. The van der Waals surface area contributed by atoms with Crippen LogP contribution in [0.4, 0.5) is 10.1 Å². The van der Waals surface area contributed by atoms with Gasteiger partial charge < -0.3 is 15.0 Å². The van der Waals surface area contributed by atoms with E-state index in [1.54, 1.807) is 48.5 Å². The highest BCUT2D eigenvalue weighted by atomic mass is 19.1. The molecule has 4 aromatic carbocycles. The minimum Gasteiger partial charge on any atom is -0.490 e. The Hall–Kier alpha value is -5.38. The molecule has 46 heavy (non-hydrogen) atoms. The van der Waals surface area contributed by atoms with Crippen LogP contribution in [-0.2, 0) is 16.1 Å². The number of nitrogens with one attached hydrogen (secondary N) is 1. The second-order valence-corrected chi connectivity index (χ2v) is 11.6. The second-order valence-electron chi connectivity index (χ2n) is 11.6. The van der Waals surface area contributed by atoms with Gasteiger partial charge in [-0.2, -0.15) is 0 Å². The minimum atomic E-state index is -1.13. The summed E-state index contributed by atoms with van der Waals surface area (Å²) in [6.45, 7) is 0.0680. The topological polar surface area (TPSA) is 119 Å². The zero-order valence-electron chi connectivity index (χ0n) is 25.0. The van der Waals surface area contributed by atoms with E-state index in [1.807, 2.05) is 30.3 Å². The predicted octanol–water partition coefficient (Wildman–Crippen LogP) is 6.00. The number of nitrogens with zero attached hydrogens (tertiary/aromatic N) is 2. The van der Waals surface area contributed by atoms with Crippen LogP contribution in [0.2, 0.25) is 0 Å². The first-order valence-corrected chi connectivity index (χ1v) is 15.1. The summed E-state index contributed by atoms with van der Waals surface area (Å²) in [6, 6.07) is 25.8. The summed E-state index contributed by atoms with van der Waals surface area (Å²) in [4.78, 5) is 56.3. The fourth-order valence-corrected chi connectivity index (χ4v) is 6.48. The molecule has 2 amide bonds. The molecule has 1 saturated heterocycles. The summed E-state index contributed by atoms with van der Waals surface area (Å²) in [5.74, 6) is -3.53. The standard InChI is InChI=1S/C36H32FN3O6/c1-46-29-19-16-26(20-28(29)40(44)45)32-31(34(41)24-10-6-3-7-11-24)30(23-8-4-2-5-9-23)33(39(32)36(43)25-14-15-25)35(42)38-21-22-12-17-27(37)18-13-22/h2-13,16-20,25,30-33H,14-15,21H2,1H3,(H,38,42). The van der Waals surface area contributed by atoms with E-state index >= 15 is 0 Å². The largest absolute Gasteiger partial charge is 0.490 e. The molecule has 4 aromatic rings. The molecule has 1 N–H and O–H groups in total. The van der Waals surface area contributed by atoms with Crippen LogP contribution in [0.25, 0.3) is 0 Å². The van der Waals surface area contributed by atoms with Crippen molar-refractivity contribution < 1.29 is 28.4 Å². The Bertz CT molecular complexity index is 1760. The van der Waals surface area contributed by atoms with Crippen LogP contribution in [0, 0.1) is 27.8 Å². The molecule has 0 aromatic heterocycles. The molecular formula is C36H32FN3O6. The molecule has 4 unspecified atom stereocenters. The summed E-state index contributed by atoms with van der Waals surface area (Å²) in [7, 11) is 1.33. The van der Waals surface area contributed by atoms with Crippen LogP contribution >= 0.6 is 0 Å². The molecule has 6 rings (SSSR count). The van der Waals surface area contributed by atoms with E-state index < -0.39 is 40.6 Å². The Morgan fingerprint density at radius 2 is 1.57 bits per heavy atom. The highest BCUT2D eigenvalue weighted by molar-refractivity contribution is 6.02. The smallest absolute Gasteiger partial charge is 0.311 e. The van der Waals surface area contributed by atoms with Crippen molar-refractivity contribution in [3.63, 3.8) is 0 Å². The van der Waals surface area contributed by atoms with Gasteiger partial charge in [0, 0.05) is 30.0 Å². The average molecular weight is 622 g/mol. The number of nitro benzene ring substituents is 1. The van der Waals surface area contributed by atoms with Gasteiger partial charge >= 0.3 is 5.69 Å². The van der Waals surface area contributed by atoms with Crippen molar-refractivity contribution in [3.05, 3.63) is 141 Å². The van der Waals surface area contributed by atoms with Gasteiger partial charge in [-0.15, -0.1) is 0 Å². The monoisotopic (exact) mass is 621 g/mol. The Kier molecular flexibility index (Phi) is 8.61. The van der Waals surface area contributed by atoms with Gasteiger partial charge in [0.2, 0.25) is 11.8 Å². The quantitative estimate of drug-likeness (QED) is 0.132. The van der Waals surface area contributed by atoms with Gasteiger partial charge in [-0.1, -0.05) is 78.9 Å². The van der Waals surface area contributed by atoms with E-state index in [0.717, 1.165) is 0 Å². The minimum absolute atomic E-state index is 0.0333. The third-order valence-electron chi connectivity index (χ3n) is 8.78. The molecule has 4 atom stereocenters. The number of Topliss-reactive ketones (excluding diaryl/α,β-unsaturated/α-hetero) is 1. The van der Waals surface area contributed by atoms with Crippen molar-refractivity contribution in [1.29, 1.82) is 0 Å². The van der Waals surface area contributed by atoms with E-state index in [4.69, 9.17) is 4.74 Å². The molecule has 1 heterocycles. The van der Waals surface area contributed by atoms with Crippen molar-refractivity contribution in [2.45, 2.75) is 37.4 Å². The summed E-state index contributed by atoms with van der Waals surface area (Å²) < 4.78 is 18.8. The number of rotatable bonds is 10. The number of carbonyl (C=O) groups excluding carboxylic acids is 3. The number of ketones is 1. The lowest BCUT2D eigenvalue weighted by molar-refractivity contribution is -0.385. The lowest BCUT2D eigenvalue weighted by atomic mass is 9.76. The maximum atomic E-state index is 14.6. The Morgan fingerprint density at radius 1 is 0.913 bits per heavy atom. The second kappa shape index (κ2) is 12.9. The first kappa shape index (κ1) is 30.6. The van der Waals surface area contributed by atoms with Gasteiger partial charge in [-0.25, -0.2) is 4.39 Å². The van der Waals surface area contributed by atoms with Gasteiger partial charge in [0.05, 0.1) is 24.0 Å². The van der Waals surface area contributed by atoms with E-state index in [9.17, 15) is 28.9 Å². The molecule has 1 saturated carbocycles. The maximum absolute atomic E-state index is 14.6. The lowest BCUT2D eigenvalue weighted by Gasteiger charge is -2.32. The van der Waals surface area contributed by atoms with Crippen LogP contribution in [-0.4, -0.2) is 40.6 Å². The normalized spacial score (nSPS) is 20.6. The maximum Gasteiger partial charge on any atom is 0.311 e. The number of ether oxygens (including phenoxy) is 1. The molecule has 2 fully saturated rings. The number of benzene rings is 4.